The van der Waals surface area contributed by atoms with Gasteiger partial charge in [0.15, 0.2) is 0 Å². The first-order valence-electron chi connectivity index (χ1n) is 7.59. The molecule has 0 bridgehead atoms. The number of thiazole rings is 1. The first-order valence-corrected chi connectivity index (χ1v) is 8.54. The smallest absolute Gasteiger partial charge is 0.273 e. The van der Waals surface area contributed by atoms with Crippen LogP contribution in [-0.4, -0.2) is 58.2 Å². The lowest BCUT2D eigenvalue weighted by atomic mass is 9.92. The number of nitrogens with zero attached hydrogens (tertiary/aromatic N) is 4. The molecule has 122 valence electrons. The second-order valence-corrected chi connectivity index (χ2v) is 6.69. The molecule has 0 unspecified atom stereocenters. The Hall–Kier alpha value is -1.99. The van der Waals surface area contributed by atoms with E-state index in [1.165, 1.54) is 11.3 Å². The third-order valence-corrected chi connectivity index (χ3v) is 4.64. The zero-order valence-corrected chi connectivity index (χ0v) is 13.9. The molecule has 6 nitrogen and oxygen atoms in total. The van der Waals surface area contributed by atoms with Gasteiger partial charge in [0.1, 0.15) is 11.5 Å². The molecule has 3 rings (SSSR count). The maximum atomic E-state index is 12.3. The highest BCUT2D eigenvalue weighted by atomic mass is 32.1. The lowest BCUT2D eigenvalue weighted by Crippen LogP contribution is -2.54. The molecule has 1 fully saturated rings. The lowest BCUT2D eigenvalue weighted by Gasteiger charge is -2.41. The van der Waals surface area contributed by atoms with Crippen molar-refractivity contribution in [2.24, 2.45) is 0 Å². The molecule has 0 aromatic carbocycles. The van der Waals surface area contributed by atoms with Gasteiger partial charge in [0.05, 0.1) is 17.7 Å². The Balaban J connectivity index is 1.67. The predicted molar refractivity (Wildman–Crippen MR) is 89.7 cm³/mol. The van der Waals surface area contributed by atoms with E-state index in [1.807, 2.05) is 18.2 Å². The number of aromatic nitrogens is 2. The van der Waals surface area contributed by atoms with E-state index in [4.69, 9.17) is 0 Å². The molecular formula is C16H20N4O2S. The Morgan fingerprint density at radius 2 is 2.35 bits per heavy atom. The van der Waals surface area contributed by atoms with Crippen molar-refractivity contribution in [1.29, 1.82) is 0 Å². The number of carbonyl (C=O) groups is 1. The van der Waals surface area contributed by atoms with Crippen molar-refractivity contribution >= 4 is 23.1 Å². The van der Waals surface area contributed by atoms with Gasteiger partial charge in [0.25, 0.3) is 5.91 Å². The minimum Gasteiger partial charge on any atom is -0.386 e. The van der Waals surface area contributed by atoms with E-state index in [0.717, 1.165) is 18.8 Å². The number of rotatable bonds is 4. The number of piperidine rings is 1. The summed E-state index contributed by atoms with van der Waals surface area (Å²) in [6.07, 6.45) is 3.29. The monoisotopic (exact) mass is 332 g/mol. The van der Waals surface area contributed by atoms with Crippen LogP contribution in [0.1, 0.15) is 23.3 Å². The number of aliphatic hydroxyl groups is 1. The van der Waals surface area contributed by atoms with Gasteiger partial charge in [-0.3, -0.25) is 4.79 Å². The molecule has 1 atom stereocenters. The highest BCUT2D eigenvalue weighted by Crippen LogP contribution is 2.25. The van der Waals surface area contributed by atoms with Crippen molar-refractivity contribution in [3.05, 3.63) is 41.0 Å². The molecule has 1 saturated heterocycles. The van der Waals surface area contributed by atoms with Gasteiger partial charge in [-0.25, -0.2) is 9.97 Å². The Kier molecular flexibility index (Phi) is 4.58. The van der Waals surface area contributed by atoms with Crippen molar-refractivity contribution in [1.82, 2.24) is 14.9 Å². The van der Waals surface area contributed by atoms with Gasteiger partial charge in [-0.2, -0.15) is 0 Å². The molecule has 1 amide bonds. The van der Waals surface area contributed by atoms with Crippen LogP contribution >= 0.6 is 11.3 Å². The molecule has 1 aliphatic heterocycles. The zero-order chi connectivity index (χ0) is 16.3. The number of likely N-dealkylation sites (N-methyl/N-ethyl adjacent to an activating group) is 1. The van der Waals surface area contributed by atoms with Crippen LogP contribution in [0.25, 0.3) is 0 Å². The van der Waals surface area contributed by atoms with Crippen LogP contribution in [0.15, 0.2) is 35.3 Å². The van der Waals surface area contributed by atoms with Crippen molar-refractivity contribution in [3.63, 3.8) is 0 Å². The fraction of sp³-hybridized carbons (Fsp3) is 0.438. The van der Waals surface area contributed by atoms with E-state index in [2.05, 4.69) is 14.9 Å². The molecule has 0 saturated carbocycles. The summed E-state index contributed by atoms with van der Waals surface area (Å²) < 4.78 is 0. The van der Waals surface area contributed by atoms with Crippen LogP contribution in [0.2, 0.25) is 0 Å². The number of carbonyl (C=O) groups excluding carboxylic acids is 1. The summed E-state index contributed by atoms with van der Waals surface area (Å²) in [5.41, 5.74) is 1.13. The van der Waals surface area contributed by atoms with Crippen LogP contribution in [-0.2, 0) is 0 Å². The average molecular weight is 332 g/mol. The Morgan fingerprint density at radius 1 is 1.48 bits per heavy atom. The first-order chi connectivity index (χ1) is 11.1. The molecule has 2 aromatic rings. The van der Waals surface area contributed by atoms with Crippen LogP contribution < -0.4 is 4.90 Å². The minimum absolute atomic E-state index is 0.158. The number of anilines is 1. The molecule has 2 aromatic heterocycles. The summed E-state index contributed by atoms with van der Waals surface area (Å²) in [6, 6.07) is 5.75. The van der Waals surface area contributed by atoms with Gasteiger partial charge in [0, 0.05) is 31.7 Å². The largest absolute Gasteiger partial charge is 0.386 e. The third kappa shape index (κ3) is 3.68. The number of pyridine rings is 1. The summed E-state index contributed by atoms with van der Waals surface area (Å²) in [4.78, 5) is 24.3. The van der Waals surface area contributed by atoms with E-state index in [9.17, 15) is 9.90 Å². The average Bonchev–Trinajstić information content (AvgIpc) is 3.09. The second kappa shape index (κ2) is 6.64. The van der Waals surface area contributed by atoms with Crippen molar-refractivity contribution in [3.8, 4) is 0 Å². The third-order valence-electron chi connectivity index (χ3n) is 4.06. The van der Waals surface area contributed by atoms with E-state index in [1.54, 1.807) is 29.0 Å². The highest BCUT2D eigenvalue weighted by molar-refractivity contribution is 7.07. The maximum absolute atomic E-state index is 12.3. The molecule has 1 aliphatic rings. The maximum Gasteiger partial charge on any atom is 0.273 e. The van der Waals surface area contributed by atoms with E-state index in [0.29, 0.717) is 18.7 Å². The van der Waals surface area contributed by atoms with Gasteiger partial charge in [-0.15, -0.1) is 11.3 Å². The molecule has 7 heteroatoms. The Bertz CT molecular complexity index is 649. The summed E-state index contributed by atoms with van der Waals surface area (Å²) in [6.45, 7) is 1.62. The van der Waals surface area contributed by atoms with E-state index in [-0.39, 0.29) is 12.5 Å². The Morgan fingerprint density at radius 3 is 3.04 bits per heavy atom. The molecule has 0 radical (unpaired) electrons. The van der Waals surface area contributed by atoms with E-state index >= 15 is 0 Å². The summed E-state index contributed by atoms with van der Waals surface area (Å²) >= 11 is 1.39. The quantitative estimate of drug-likeness (QED) is 0.922. The lowest BCUT2D eigenvalue weighted by molar-refractivity contribution is -0.000256. The highest BCUT2D eigenvalue weighted by Gasteiger charge is 2.36. The first kappa shape index (κ1) is 15.9. The number of hydrogen-bond donors (Lipinski definition) is 1. The topological polar surface area (TPSA) is 69.6 Å². The fourth-order valence-corrected chi connectivity index (χ4v) is 3.53. The molecule has 0 aliphatic carbocycles. The molecular weight excluding hydrogens is 312 g/mol. The van der Waals surface area contributed by atoms with Gasteiger partial charge < -0.3 is 14.9 Å². The molecule has 0 spiro atoms. The fourth-order valence-electron chi connectivity index (χ4n) is 3.00. The SMILES string of the molecule is CN(C[C@]1(O)CCCN(c2ccccn2)C1)C(=O)c1cscn1. The van der Waals surface area contributed by atoms with Crippen LogP contribution in [0.3, 0.4) is 0 Å². The van der Waals surface area contributed by atoms with Crippen molar-refractivity contribution in [2.75, 3.05) is 31.6 Å². The number of β-amino-alcohol motifs (C(OH)–C–C–N with tert-alkyl or cyclic N) is 1. The summed E-state index contributed by atoms with van der Waals surface area (Å²) in [5, 5.41) is 12.7. The predicted octanol–water partition coefficient (Wildman–Crippen LogP) is 1.64. The standard InChI is InChI=1S/C16H20N4O2S/c1-19(15(21)13-9-23-12-18-13)10-16(22)6-4-8-20(11-16)14-5-2-3-7-17-14/h2-3,5,7,9,12,22H,4,6,8,10-11H2,1H3/t16-/m1/s1. The van der Waals surface area contributed by atoms with Crippen molar-refractivity contribution in [2.45, 2.75) is 18.4 Å². The minimum atomic E-state index is -0.934. The van der Waals surface area contributed by atoms with E-state index < -0.39 is 5.60 Å². The number of hydrogen-bond acceptors (Lipinski definition) is 6. The number of amides is 1. The van der Waals surface area contributed by atoms with Gasteiger partial charge in [0.2, 0.25) is 0 Å². The van der Waals surface area contributed by atoms with Crippen LogP contribution in [0.4, 0.5) is 5.82 Å². The zero-order valence-electron chi connectivity index (χ0n) is 13.1. The molecule has 23 heavy (non-hydrogen) atoms. The van der Waals surface area contributed by atoms with Crippen LogP contribution in [0.5, 0.6) is 0 Å². The second-order valence-electron chi connectivity index (χ2n) is 5.97. The molecule has 3 heterocycles. The van der Waals surface area contributed by atoms with Gasteiger partial charge >= 0.3 is 0 Å². The summed E-state index contributed by atoms with van der Waals surface area (Å²) in [7, 11) is 1.71. The van der Waals surface area contributed by atoms with Gasteiger partial charge in [-0.05, 0) is 25.0 Å². The van der Waals surface area contributed by atoms with Gasteiger partial charge in [-0.1, -0.05) is 6.07 Å². The Labute approximate surface area is 139 Å². The normalized spacial score (nSPS) is 21.2. The summed E-state index contributed by atoms with van der Waals surface area (Å²) in [5.74, 6) is 0.703. The molecule has 1 N–H and O–H groups in total. The van der Waals surface area contributed by atoms with Crippen molar-refractivity contribution < 1.29 is 9.90 Å². The van der Waals surface area contributed by atoms with Crippen LogP contribution in [0, 0.1) is 0 Å².